The molecule has 0 radical (unpaired) electrons. The van der Waals surface area contributed by atoms with Crippen LogP contribution in [0.3, 0.4) is 0 Å². The number of halogens is 1. The molecule has 60 heavy (non-hydrogen) atoms. The van der Waals surface area contributed by atoms with E-state index in [1.807, 2.05) is 41.2 Å². The van der Waals surface area contributed by atoms with Gasteiger partial charge in [0.15, 0.2) is 5.82 Å². The van der Waals surface area contributed by atoms with Gasteiger partial charge in [-0.25, -0.2) is 19.0 Å². The molecule has 0 amide bonds. The predicted molar refractivity (Wildman–Crippen MR) is 229 cm³/mol. The lowest BCUT2D eigenvalue weighted by Gasteiger charge is -2.39. The molecule has 1 saturated carbocycles. The van der Waals surface area contributed by atoms with Crippen molar-refractivity contribution < 1.29 is 14.3 Å². The van der Waals surface area contributed by atoms with E-state index in [1.54, 1.807) is 49.9 Å². The summed E-state index contributed by atoms with van der Waals surface area (Å²) in [6.45, 7) is 10.3. The topological polar surface area (TPSA) is 152 Å². The minimum atomic E-state index is -0.554. The van der Waals surface area contributed by atoms with Crippen molar-refractivity contribution in [3.8, 4) is 16.9 Å². The van der Waals surface area contributed by atoms with Crippen LogP contribution in [0.4, 0.5) is 21.7 Å². The van der Waals surface area contributed by atoms with Crippen molar-refractivity contribution in [1.82, 2.24) is 44.1 Å². The maximum absolute atomic E-state index is 15.4. The van der Waals surface area contributed by atoms with Crippen molar-refractivity contribution in [2.45, 2.75) is 71.1 Å². The van der Waals surface area contributed by atoms with Crippen LogP contribution in [-0.2, 0) is 31.5 Å². The number of benzene rings is 2. The summed E-state index contributed by atoms with van der Waals surface area (Å²) in [6.07, 6.45) is 10.9. The number of aliphatic hydroxyl groups excluding tert-OH is 1. The second kappa shape index (κ2) is 17.0. The number of aromatic nitrogens is 7. The number of anilines is 3. The minimum Gasteiger partial charge on any atom is -0.392 e. The molecule has 5 heterocycles. The van der Waals surface area contributed by atoms with Crippen molar-refractivity contribution in [2.24, 2.45) is 7.05 Å². The Bertz CT molecular complexity index is 2610. The number of hydrogen-bond acceptors (Lipinski definition) is 12. The van der Waals surface area contributed by atoms with Crippen LogP contribution in [-0.4, -0.2) is 94.7 Å². The van der Waals surface area contributed by atoms with Crippen LogP contribution in [0.5, 0.6) is 0 Å². The number of rotatable bonds is 15. The van der Waals surface area contributed by atoms with E-state index in [4.69, 9.17) is 4.84 Å². The lowest BCUT2D eigenvalue weighted by atomic mass is 10.0. The fourth-order valence-electron chi connectivity index (χ4n) is 8.07. The van der Waals surface area contributed by atoms with Crippen molar-refractivity contribution in [1.29, 1.82) is 0 Å². The third kappa shape index (κ3) is 8.87. The van der Waals surface area contributed by atoms with Gasteiger partial charge in [0.2, 0.25) is 0 Å². The highest BCUT2D eigenvalue weighted by Crippen LogP contribution is 2.41. The summed E-state index contributed by atoms with van der Waals surface area (Å²) in [5.41, 5.74) is 3.21. The number of piperazine rings is 1. The van der Waals surface area contributed by atoms with E-state index < -0.39 is 23.6 Å². The predicted octanol–water partition coefficient (Wildman–Crippen LogP) is 5.36. The lowest BCUT2D eigenvalue weighted by Crippen LogP contribution is -2.50. The third-order valence-electron chi connectivity index (χ3n) is 11.1. The smallest absolute Gasteiger partial charge is 0.293 e. The van der Waals surface area contributed by atoms with E-state index in [0.717, 1.165) is 68.8 Å². The molecule has 6 aromatic rings. The Morgan fingerprint density at radius 3 is 2.55 bits per heavy atom. The maximum atomic E-state index is 15.4. The number of aryl methyl sites for hydroxylation is 2. The van der Waals surface area contributed by atoms with Crippen LogP contribution in [0.15, 0.2) is 82.9 Å². The standard InChI is InChI=1S/C44H52FN11O4/c1-6-8-32-24-55(50-49-32)27-44(2,3)60-52(5)28-53-17-19-54(20-18-53)33-13-14-39(46-23-33)48-41-43(59)51(4)25-37(47-41)34-9-7-10-38(35(34)26-57)56-16-15-30-21-31(29-11-12-29)22-36(45)40(30)42(56)58/h7,9-10,13-16,21-25,29,57H,6,8,11-12,17-20,26-28H2,1-5H3,(H,46,47,48). The molecule has 2 N–H and O–H groups in total. The van der Waals surface area contributed by atoms with Gasteiger partial charge in [-0.3, -0.25) is 23.9 Å². The number of nitrogens with one attached hydrogen (secondary N) is 1. The van der Waals surface area contributed by atoms with Crippen LogP contribution in [0, 0.1) is 5.82 Å². The van der Waals surface area contributed by atoms with Crippen LogP contribution >= 0.6 is 0 Å². The van der Waals surface area contributed by atoms with Crippen molar-refractivity contribution in [3.63, 3.8) is 0 Å². The molecule has 0 spiro atoms. The van der Waals surface area contributed by atoms with E-state index in [9.17, 15) is 14.7 Å². The van der Waals surface area contributed by atoms with Gasteiger partial charge in [0, 0.05) is 70.0 Å². The van der Waals surface area contributed by atoms with Gasteiger partial charge < -0.3 is 19.9 Å². The molecule has 1 aliphatic carbocycles. The monoisotopic (exact) mass is 817 g/mol. The normalized spacial score (nSPS) is 15.0. The molecule has 2 aromatic carbocycles. The van der Waals surface area contributed by atoms with Crippen LogP contribution in [0.1, 0.15) is 62.8 Å². The molecule has 2 fully saturated rings. The fourth-order valence-corrected chi connectivity index (χ4v) is 8.07. The summed E-state index contributed by atoms with van der Waals surface area (Å²) in [6, 6.07) is 14.1. The molecule has 8 rings (SSSR count). The summed E-state index contributed by atoms with van der Waals surface area (Å²) in [7, 11) is 3.57. The summed E-state index contributed by atoms with van der Waals surface area (Å²) in [4.78, 5) is 47.3. The van der Waals surface area contributed by atoms with Gasteiger partial charge in [-0.15, -0.1) is 5.10 Å². The molecular weight excluding hydrogens is 766 g/mol. The lowest BCUT2D eigenvalue weighted by molar-refractivity contribution is -0.241. The van der Waals surface area contributed by atoms with Crippen molar-refractivity contribution >= 4 is 28.1 Å². The Morgan fingerprint density at radius 2 is 1.83 bits per heavy atom. The van der Waals surface area contributed by atoms with E-state index in [2.05, 4.69) is 56.2 Å². The molecule has 4 aromatic heterocycles. The summed E-state index contributed by atoms with van der Waals surface area (Å²) < 4.78 is 20.0. The number of fused-ring (bicyclic) bond motifs is 1. The summed E-state index contributed by atoms with van der Waals surface area (Å²) >= 11 is 0. The Kier molecular flexibility index (Phi) is 11.6. The first-order chi connectivity index (χ1) is 28.9. The average molecular weight is 818 g/mol. The van der Waals surface area contributed by atoms with Gasteiger partial charge in [-0.05, 0) is 80.3 Å². The highest BCUT2D eigenvalue weighted by Gasteiger charge is 2.27. The zero-order valence-electron chi connectivity index (χ0n) is 34.8. The summed E-state index contributed by atoms with van der Waals surface area (Å²) in [5.74, 6) is 0.280. The highest BCUT2D eigenvalue weighted by molar-refractivity contribution is 5.84. The first-order valence-electron chi connectivity index (χ1n) is 20.6. The zero-order chi connectivity index (χ0) is 42.1. The molecule has 314 valence electrons. The number of hydroxylamine groups is 2. The van der Waals surface area contributed by atoms with E-state index in [-0.39, 0.29) is 16.8 Å². The molecule has 0 atom stereocenters. The van der Waals surface area contributed by atoms with Gasteiger partial charge in [0.1, 0.15) is 17.2 Å². The van der Waals surface area contributed by atoms with Gasteiger partial charge in [-0.2, -0.15) is 5.06 Å². The molecule has 16 heteroatoms. The molecule has 2 aliphatic rings. The molecule has 15 nitrogen and oxygen atoms in total. The highest BCUT2D eigenvalue weighted by atomic mass is 19.1. The average Bonchev–Trinajstić information content (AvgIpc) is 3.99. The van der Waals surface area contributed by atoms with Gasteiger partial charge in [0.05, 0.1) is 54.2 Å². The third-order valence-corrected chi connectivity index (χ3v) is 11.1. The number of aliphatic hydroxyl groups is 1. The number of pyridine rings is 2. The second-order valence-electron chi connectivity index (χ2n) is 16.5. The number of nitrogens with zero attached hydrogens (tertiary/aromatic N) is 10. The SMILES string of the molecule is CCCc1cn(CC(C)(C)ON(C)CN2CCN(c3ccc(Nc4nc(-c5cccc(-n6ccc7cc(C8CC8)cc(F)c7c6=O)c5CO)cn(C)c4=O)nc3)CC2)nn1. The molecule has 0 unspecified atom stereocenters. The van der Waals surface area contributed by atoms with Gasteiger partial charge in [-0.1, -0.05) is 36.8 Å². The summed E-state index contributed by atoms with van der Waals surface area (Å²) in [5, 5.41) is 24.7. The van der Waals surface area contributed by atoms with Crippen LogP contribution in [0.2, 0.25) is 0 Å². The Hall–Kier alpha value is -5.81. The Balaban J connectivity index is 0.923. The van der Waals surface area contributed by atoms with E-state index in [1.165, 1.54) is 15.2 Å². The van der Waals surface area contributed by atoms with Crippen molar-refractivity contribution in [3.05, 3.63) is 117 Å². The molecular formula is C44H52FN11O4. The maximum Gasteiger partial charge on any atom is 0.293 e. The fraction of sp³-hybridized carbons (Fsp3) is 0.409. The quantitative estimate of drug-likeness (QED) is 0.128. The first kappa shape index (κ1) is 40.9. The van der Waals surface area contributed by atoms with Crippen molar-refractivity contribution in [2.75, 3.05) is 50.1 Å². The van der Waals surface area contributed by atoms with Gasteiger partial charge >= 0.3 is 0 Å². The minimum absolute atomic E-state index is 0.00124. The van der Waals surface area contributed by atoms with E-state index in [0.29, 0.717) is 52.8 Å². The molecule has 1 saturated heterocycles. The Labute approximate surface area is 347 Å². The molecule has 1 aliphatic heterocycles. The van der Waals surface area contributed by atoms with Crippen LogP contribution < -0.4 is 21.3 Å². The largest absolute Gasteiger partial charge is 0.392 e. The van der Waals surface area contributed by atoms with E-state index >= 15 is 4.39 Å². The zero-order valence-corrected chi connectivity index (χ0v) is 34.8. The van der Waals surface area contributed by atoms with Crippen LogP contribution in [0.25, 0.3) is 27.7 Å². The number of hydrogen-bond donors (Lipinski definition) is 2. The second-order valence-corrected chi connectivity index (χ2v) is 16.5. The first-order valence-corrected chi connectivity index (χ1v) is 20.6. The molecule has 0 bridgehead atoms. The Morgan fingerprint density at radius 1 is 1.03 bits per heavy atom. The van der Waals surface area contributed by atoms with Gasteiger partial charge in [0.25, 0.3) is 11.1 Å².